The number of ether oxygens (including phenoxy) is 1. The fraction of sp³-hybridized carbons (Fsp3) is 0.292. The van der Waals surface area contributed by atoms with Gasteiger partial charge in [-0.25, -0.2) is 0 Å². The lowest BCUT2D eigenvalue weighted by Crippen LogP contribution is -2.33. The summed E-state index contributed by atoms with van der Waals surface area (Å²) in [6.07, 6.45) is 4.52. The zero-order valence-corrected chi connectivity index (χ0v) is 17.6. The molecule has 5 heteroatoms. The maximum atomic E-state index is 10.1. The van der Waals surface area contributed by atoms with E-state index in [9.17, 15) is 10.2 Å². The number of halogens is 1. The number of rotatable bonds is 5. The Balaban J connectivity index is 1.52. The molecule has 1 aliphatic heterocycles. The van der Waals surface area contributed by atoms with Gasteiger partial charge in [-0.15, -0.1) is 0 Å². The molecule has 4 rings (SSSR count). The maximum Gasteiger partial charge on any atom is 0.0854 e. The van der Waals surface area contributed by atoms with Crippen molar-refractivity contribution in [2.24, 2.45) is 0 Å². The number of benzene rings is 2. The summed E-state index contributed by atoms with van der Waals surface area (Å²) in [5.41, 5.74) is 5.67. The van der Waals surface area contributed by atoms with Crippen LogP contribution in [0, 0.1) is 0 Å². The molecular formula is C24H24BrNO3. The van der Waals surface area contributed by atoms with Crippen LogP contribution in [-0.2, 0) is 11.2 Å². The first-order valence-electron chi connectivity index (χ1n) is 9.84. The molecule has 0 amide bonds. The Morgan fingerprint density at radius 1 is 1.03 bits per heavy atom. The lowest BCUT2D eigenvalue weighted by Gasteiger charge is -2.32. The molecule has 1 saturated heterocycles. The van der Waals surface area contributed by atoms with Crippen LogP contribution in [0.2, 0.25) is 0 Å². The molecule has 0 aliphatic carbocycles. The second-order valence-corrected chi connectivity index (χ2v) is 8.38. The van der Waals surface area contributed by atoms with Crippen molar-refractivity contribution in [2.75, 3.05) is 6.61 Å². The van der Waals surface area contributed by atoms with Crippen molar-refractivity contribution >= 4 is 15.9 Å². The minimum absolute atomic E-state index is 0.0692. The second kappa shape index (κ2) is 9.18. The van der Waals surface area contributed by atoms with Crippen molar-refractivity contribution in [3.05, 3.63) is 88.2 Å². The Morgan fingerprint density at radius 2 is 1.86 bits per heavy atom. The SMILES string of the molecule is OC[C@@H]1CC(O)C[C@H](c2ccc(Br)c(Cc3ccc(-c4cccnc4)cc3)c2)O1. The first kappa shape index (κ1) is 20.2. The van der Waals surface area contributed by atoms with Crippen molar-refractivity contribution < 1.29 is 14.9 Å². The highest BCUT2D eigenvalue weighted by Crippen LogP contribution is 2.34. The predicted molar refractivity (Wildman–Crippen MR) is 117 cm³/mol. The lowest BCUT2D eigenvalue weighted by molar-refractivity contribution is -0.113. The molecule has 2 aromatic carbocycles. The van der Waals surface area contributed by atoms with Crippen LogP contribution in [0.5, 0.6) is 0 Å². The van der Waals surface area contributed by atoms with E-state index in [-0.39, 0.29) is 18.8 Å². The molecule has 1 unspecified atom stereocenters. The van der Waals surface area contributed by atoms with Gasteiger partial charge in [-0.3, -0.25) is 4.98 Å². The molecule has 4 nitrogen and oxygen atoms in total. The van der Waals surface area contributed by atoms with Crippen LogP contribution in [0.1, 0.15) is 35.6 Å². The van der Waals surface area contributed by atoms with Crippen molar-refractivity contribution in [1.82, 2.24) is 4.98 Å². The summed E-state index contributed by atoms with van der Waals surface area (Å²) in [6, 6.07) is 18.7. The summed E-state index contributed by atoms with van der Waals surface area (Å²) < 4.78 is 7.02. The first-order chi connectivity index (χ1) is 14.1. The van der Waals surface area contributed by atoms with E-state index in [4.69, 9.17) is 4.74 Å². The summed E-state index contributed by atoms with van der Waals surface area (Å²) >= 11 is 3.66. The maximum absolute atomic E-state index is 10.1. The largest absolute Gasteiger partial charge is 0.394 e. The van der Waals surface area contributed by atoms with Gasteiger partial charge in [0.2, 0.25) is 0 Å². The van der Waals surface area contributed by atoms with E-state index in [0.29, 0.717) is 12.8 Å². The Morgan fingerprint density at radius 3 is 2.59 bits per heavy atom. The smallest absolute Gasteiger partial charge is 0.0854 e. The van der Waals surface area contributed by atoms with Gasteiger partial charge in [-0.1, -0.05) is 58.4 Å². The Bertz CT molecular complexity index is 946. The molecular weight excluding hydrogens is 430 g/mol. The van der Waals surface area contributed by atoms with E-state index < -0.39 is 6.10 Å². The molecule has 29 heavy (non-hydrogen) atoms. The third-order valence-electron chi connectivity index (χ3n) is 5.37. The van der Waals surface area contributed by atoms with Crippen LogP contribution in [0.4, 0.5) is 0 Å². The van der Waals surface area contributed by atoms with E-state index in [1.807, 2.05) is 24.4 Å². The van der Waals surface area contributed by atoms with Crippen LogP contribution in [0.3, 0.4) is 0 Å². The van der Waals surface area contributed by atoms with Gasteiger partial charge in [0.25, 0.3) is 0 Å². The molecule has 150 valence electrons. The normalized spacial score (nSPS) is 21.8. The fourth-order valence-electron chi connectivity index (χ4n) is 3.82. The predicted octanol–water partition coefficient (Wildman–Crippen LogP) is 4.68. The number of aromatic nitrogens is 1. The highest BCUT2D eigenvalue weighted by molar-refractivity contribution is 9.10. The average Bonchev–Trinajstić information content (AvgIpc) is 2.76. The van der Waals surface area contributed by atoms with Crippen molar-refractivity contribution in [2.45, 2.75) is 37.6 Å². The van der Waals surface area contributed by atoms with E-state index in [1.165, 1.54) is 11.1 Å². The summed E-state index contributed by atoms with van der Waals surface area (Å²) in [5, 5.41) is 19.5. The van der Waals surface area contributed by atoms with E-state index in [0.717, 1.165) is 27.6 Å². The summed E-state index contributed by atoms with van der Waals surface area (Å²) in [5.74, 6) is 0. The fourth-order valence-corrected chi connectivity index (χ4v) is 4.21. The Labute approximate surface area is 179 Å². The zero-order chi connectivity index (χ0) is 20.2. The van der Waals surface area contributed by atoms with Gasteiger partial charge in [-0.05, 0) is 46.4 Å². The number of pyridine rings is 1. The average molecular weight is 454 g/mol. The van der Waals surface area contributed by atoms with Crippen LogP contribution in [-0.4, -0.2) is 34.0 Å². The number of hydrogen-bond acceptors (Lipinski definition) is 4. The first-order valence-corrected chi connectivity index (χ1v) is 10.6. The molecule has 0 bridgehead atoms. The topological polar surface area (TPSA) is 62.6 Å². The summed E-state index contributed by atoms with van der Waals surface area (Å²) in [7, 11) is 0. The molecule has 0 saturated carbocycles. The van der Waals surface area contributed by atoms with Gasteiger partial charge in [0, 0.05) is 29.7 Å². The van der Waals surface area contributed by atoms with Gasteiger partial charge >= 0.3 is 0 Å². The van der Waals surface area contributed by atoms with Gasteiger partial charge < -0.3 is 14.9 Å². The molecule has 1 aromatic heterocycles. The van der Waals surface area contributed by atoms with Gasteiger partial charge in [0.15, 0.2) is 0 Å². The molecule has 3 aromatic rings. The van der Waals surface area contributed by atoms with Crippen molar-refractivity contribution in [1.29, 1.82) is 0 Å². The third-order valence-corrected chi connectivity index (χ3v) is 6.14. The highest BCUT2D eigenvalue weighted by Gasteiger charge is 2.29. The van der Waals surface area contributed by atoms with Gasteiger partial charge in [0.05, 0.1) is 24.9 Å². The van der Waals surface area contributed by atoms with Crippen molar-refractivity contribution in [3.8, 4) is 11.1 Å². The molecule has 3 atom stereocenters. The monoisotopic (exact) mass is 453 g/mol. The lowest BCUT2D eigenvalue weighted by atomic mass is 9.94. The Kier molecular flexibility index (Phi) is 6.40. The van der Waals surface area contributed by atoms with Gasteiger partial charge in [0.1, 0.15) is 0 Å². The Hall–Kier alpha value is -2.05. The van der Waals surface area contributed by atoms with E-state index >= 15 is 0 Å². The zero-order valence-electron chi connectivity index (χ0n) is 16.0. The minimum Gasteiger partial charge on any atom is -0.394 e. The van der Waals surface area contributed by atoms with E-state index in [2.05, 4.69) is 57.3 Å². The number of nitrogens with zero attached hydrogens (tertiary/aromatic N) is 1. The summed E-state index contributed by atoms with van der Waals surface area (Å²) in [6.45, 7) is -0.0692. The third kappa shape index (κ3) is 4.93. The molecule has 2 N–H and O–H groups in total. The highest BCUT2D eigenvalue weighted by atomic mass is 79.9. The molecule has 1 aliphatic rings. The number of hydrogen-bond donors (Lipinski definition) is 2. The summed E-state index contributed by atoms with van der Waals surface area (Å²) in [4.78, 5) is 4.18. The molecule has 1 fully saturated rings. The standard InChI is InChI=1S/C24H24BrNO3/c25-23-8-7-18(24-13-21(28)12-22(15-27)29-24)11-20(23)10-16-3-5-17(6-4-16)19-2-1-9-26-14-19/h1-9,11,14,21-22,24,27-28H,10,12-13,15H2/t21?,22-,24+/m0/s1. The van der Waals surface area contributed by atoms with Crippen LogP contribution in [0.15, 0.2) is 71.5 Å². The van der Waals surface area contributed by atoms with Gasteiger partial charge in [-0.2, -0.15) is 0 Å². The molecule has 0 spiro atoms. The second-order valence-electron chi connectivity index (χ2n) is 7.52. The van der Waals surface area contributed by atoms with Crippen LogP contribution < -0.4 is 0 Å². The minimum atomic E-state index is -0.446. The number of aliphatic hydroxyl groups excluding tert-OH is 2. The van der Waals surface area contributed by atoms with Crippen molar-refractivity contribution in [3.63, 3.8) is 0 Å². The number of aliphatic hydroxyl groups is 2. The van der Waals surface area contributed by atoms with Crippen LogP contribution in [0.25, 0.3) is 11.1 Å². The quantitative estimate of drug-likeness (QED) is 0.588. The van der Waals surface area contributed by atoms with E-state index in [1.54, 1.807) is 6.20 Å². The van der Waals surface area contributed by atoms with Crippen LogP contribution >= 0.6 is 15.9 Å². The molecule has 2 heterocycles. The molecule has 0 radical (unpaired) electrons.